The monoisotopic (exact) mass is 356 g/mol. The number of carbonyl (C=O) groups excluding carboxylic acids is 1. The van der Waals surface area contributed by atoms with Gasteiger partial charge in [-0.1, -0.05) is 0 Å². The molecule has 0 aromatic carbocycles. The Labute approximate surface area is 154 Å². The van der Waals surface area contributed by atoms with Crippen molar-refractivity contribution in [3.8, 4) is 0 Å². The summed E-state index contributed by atoms with van der Waals surface area (Å²) >= 11 is 0. The molecule has 7 heteroatoms. The van der Waals surface area contributed by atoms with Gasteiger partial charge in [0.1, 0.15) is 0 Å². The molecule has 0 bridgehead atoms. The van der Waals surface area contributed by atoms with Gasteiger partial charge in [0.05, 0.1) is 12.5 Å². The van der Waals surface area contributed by atoms with E-state index < -0.39 is 0 Å². The van der Waals surface area contributed by atoms with Crippen LogP contribution in [0.4, 0.5) is 0 Å². The summed E-state index contributed by atoms with van der Waals surface area (Å²) < 4.78 is 1.94. The Morgan fingerprint density at radius 2 is 2.19 bits per heavy atom. The summed E-state index contributed by atoms with van der Waals surface area (Å²) in [6.45, 7) is 6.01. The first-order chi connectivity index (χ1) is 12.6. The first-order valence-corrected chi connectivity index (χ1v) is 9.58. The van der Waals surface area contributed by atoms with Gasteiger partial charge in [0.2, 0.25) is 5.91 Å². The van der Waals surface area contributed by atoms with E-state index in [9.17, 15) is 4.79 Å². The minimum absolute atomic E-state index is 0.322. The number of rotatable bonds is 5. The van der Waals surface area contributed by atoms with Gasteiger partial charge in [0.25, 0.3) is 0 Å². The molecule has 0 aliphatic carbocycles. The van der Waals surface area contributed by atoms with Gasteiger partial charge in [-0.15, -0.1) is 0 Å². The number of aryl methyl sites for hydroxylation is 1. The lowest BCUT2D eigenvalue weighted by atomic mass is 9.83. The number of imidazole rings is 1. The molecule has 2 aliphatic heterocycles. The molecule has 2 fully saturated rings. The van der Waals surface area contributed by atoms with E-state index in [4.69, 9.17) is 0 Å². The maximum absolute atomic E-state index is 12.5. The summed E-state index contributed by atoms with van der Waals surface area (Å²) in [4.78, 5) is 24.4. The predicted octanol–water partition coefficient (Wildman–Crippen LogP) is 1.51. The number of aromatic amines is 1. The average Bonchev–Trinajstić information content (AvgIpc) is 3.27. The Morgan fingerprint density at radius 3 is 2.92 bits per heavy atom. The fraction of sp³-hybridized carbons (Fsp3) is 0.632. The molecule has 4 rings (SSSR count). The molecule has 0 unspecified atom stereocenters. The summed E-state index contributed by atoms with van der Waals surface area (Å²) in [5.74, 6) is 0.905. The van der Waals surface area contributed by atoms with Crippen LogP contribution in [0.25, 0.3) is 0 Å². The number of nitrogens with one attached hydrogen (secondary N) is 1. The maximum Gasteiger partial charge on any atom is 0.222 e. The maximum atomic E-state index is 12.5. The molecule has 2 saturated heterocycles. The number of hydrogen-bond acceptors (Lipinski definition) is 4. The van der Waals surface area contributed by atoms with Crippen molar-refractivity contribution in [2.45, 2.75) is 45.2 Å². The minimum atomic E-state index is 0.322. The summed E-state index contributed by atoms with van der Waals surface area (Å²) in [6.07, 6.45) is 9.17. The summed E-state index contributed by atoms with van der Waals surface area (Å²) in [5, 5.41) is 4.36. The Hall–Kier alpha value is -2.15. The first-order valence-electron chi connectivity index (χ1n) is 9.58. The van der Waals surface area contributed by atoms with Gasteiger partial charge < -0.3 is 9.88 Å². The molecule has 2 aliphatic rings. The summed E-state index contributed by atoms with van der Waals surface area (Å²) in [6, 6.07) is 0.394. The van der Waals surface area contributed by atoms with Crippen LogP contribution < -0.4 is 0 Å². The molecule has 2 aromatic heterocycles. The highest BCUT2D eigenvalue weighted by atomic mass is 16.2. The quantitative estimate of drug-likeness (QED) is 0.882. The van der Waals surface area contributed by atoms with Crippen LogP contribution in [0.5, 0.6) is 0 Å². The Morgan fingerprint density at radius 1 is 1.31 bits per heavy atom. The van der Waals surface area contributed by atoms with Crippen LogP contribution >= 0.6 is 0 Å². The molecule has 140 valence electrons. The lowest BCUT2D eigenvalue weighted by molar-refractivity contribution is -0.141. The fourth-order valence-corrected chi connectivity index (χ4v) is 4.46. The average molecular weight is 356 g/mol. The highest BCUT2D eigenvalue weighted by Gasteiger charge is 2.39. The normalized spacial score (nSPS) is 24.1. The zero-order valence-electron chi connectivity index (χ0n) is 15.7. The first kappa shape index (κ1) is 17.3. The third kappa shape index (κ3) is 3.40. The highest BCUT2D eigenvalue weighted by molar-refractivity contribution is 5.77. The smallest absolute Gasteiger partial charge is 0.222 e. The Bertz CT molecular complexity index is 752. The minimum Gasteiger partial charge on any atom is -0.348 e. The van der Waals surface area contributed by atoms with Crippen molar-refractivity contribution >= 4 is 5.91 Å². The van der Waals surface area contributed by atoms with Crippen molar-refractivity contribution in [1.29, 1.82) is 0 Å². The van der Waals surface area contributed by atoms with Crippen molar-refractivity contribution in [3.05, 3.63) is 35.7 Å². The number of aromatic nitrogens is 4. The number of nitrogens with zero attached hydrogens (tertiary/aromatic N) is 5. The van der Waals surface area contributed by atoms with Crippen LogP contribution in [-0.4, -0.2) is 61.1 Å². The van der Waals surface area contributed by atoms with E-state index in [1.165, 1.54) is 11.3 Å². The number of amides is 1. The molecule has 2 atom stereocenters. The molecule has 1 amide bonds. The number of piperidine rings is 2. The number of fused-ring (bicyclic) bond motifs is 1. The summed E-state index contributed by atoms with van der Waals surface area (Å²) in [5.41, 5.74) is 3.66. The Kier molecular flexibility index (Phi) is 4.80. The number of H-pyrrole nitrogens is 1. The SMILES string of the molecule is Cc1c(CN2CC[C@@H]3[C@@H](CCC(=O)N3CCc3cnc[nH]3)C2)cnn1C. The van der Waals surface area contributed by atoms with Crippen LogP contribution in [0.1, 0.15) is 36.2 Å². The molecule has 1 N–H and O–H groups in total. The van der Waals surface area contributed by atoms with Crippen molar-refractivity contribution in [2.24, 2.45) is 13.0 Å². The van der Waals surface area contributed by atoms with Gasteiger partial charge in [0, 0.05) is 75.3 Å². The second kappa shape index (κ2) is 7.23. The number of hydrogen-bond donors (Lipinski definition) is 1. The van der Waals surface area contributed by atoms with Crippen LogP contribution in [0.2, 0.25) is 0 Å². The largest absolute Gasteiger partial charge is 0.348 e. The van der Waals surface area contributed by atoms with E-state index in [0.29, 0.717) is 24.3 Å². The van der Waals surface area contributed by atoms with Crippen molar-refractivity contribution in [1.82, 2.24) is 29.5 Å². The van der Waals surface area contributed by atoms with E-state index in [0.717, 1.165) is 51.1 Å². The van der Waals surface area contributed by atoms with Gasteiger partial charge in [-0.05, 0) is 25.7 Å². The second-order valence-electron chi connectivity index (χ2n) is 7.68. The van der Waals surface area contributed by atoms with Crippen LogP contribution in [0.15, 0.2) is 18.7 Å². The molecular formula is C19H28N6O. The van der Waals surface area contributed by atoms with Gasteiger partial charge in [-0.3, -0.25) is 14.4 Å². The fourth-order valence-electron chi connectivity index (χ4n) is 4.46. The molecule has 0 spiro atoms. The lowest BCUT2D eigenvalue weighted by Crippen LogP contribution is -2.56. The van der Waals surface area contributed by atoms with Gasteiger partial charge >= 0.3 is 0 Å². The van der Waals surface area contributed by atoms with Crippen molar-refractivity contribution in [3.63, 3.8) is 0 Å². The van der Waals surface area contributed by atoms with Gasteiger partial charge in [0.15, 0.2) is 0 Å². The molecule has 0 saturated carbocycles. The molecule has 26 heavy (non-hydrogen) atoms. The summed E-state index contributed by atoms with van der Waals surface area (Å²) in [7, 11) is 2.00. The van der Waals surface area contributed by atoms with E-state index in [1.807, 2.05) is 24.1 Å². The van der Waals surface area contributed by atoms with E-state index in [2.05, 4.69) is 31.8 Å². The van der Waals surface area contributed by atoms with Crippen molar-refractivity contribution < 1.29 is 4.79 Å². The zero-order chi connectivity index (χ0) is 18.1. The van der Waals surface area contributed by atoms with E-state index in [-0.39, 0.29) is 0 Å². The lowest BCUT2D eigenvalue weighted by Gasteiger charge is -2.47. The number of carbonyl (C=O) groups is 1. The molecule has 2 aromatic rings. The number of likely N-dealkylation sites (tertiary alicyclic amines) is 2. The van der Waals surface area contributed by atoms with Crippen LogP contribution in [0.3, 0.4) is 0 Å². The van der Waals surface area contributed by atoms with Crippen LogP contribution in [-0.2, 0) is 24.8 Å². The third-order valence-corrected chi connectivity index (χ3v) is 6.14. The Balaban J connectivity index is 1.38. The van der Waals surface area contributed by atoms with Crippen molar-refractivity contribution in [2.75, 3.05) is 19.6 Å². The molecular weight excluding hydrogens is 328 g/mol. The zero-order valence-corrected chi connectivity index (χ0v) is 15.7. The van der Waals surface area contributed by atoms with Crippen LogP contribution in [0, 0.1) is 12.8 Å². The molecule has 7 nitrogen and oxygen atoms in total. The highest BCUT2D eigenvalue weighted by Crippen LogP contribution is 2.32. The standard InChI is InChI=1S/C19H28N6O/c1-14-16(9-22-23(14)2)12-24-7-6-18-15(11-24)3-4-19(26)25(18)8-5-17-10-20-13-21-17/h9-10,13,15,18H,3-8,11-12H2,1-2H3,(H,20,21)/t15-,18+/m0/s1. The van der Waals surface area contributed by atoms with Gasteiger partial charge in [-0.2, -0.15) is 5.10 Å². The van der Waals surface area contributed by atoms with E-state index >= 15 is 0 Å². The predicted molar refractivity (Wildman–Crippen MR) is 98.4 cm³/mol. The topological polar surface area (TPSA) is 70.1 Å². The molecule has 4 heterocycles. The second-order valence-corrected chi connectivity index (χ2v) is 7.68. The van der Waals surface area contributed by atoms with E-state index in [1.54, 1.807) is 6.33 Å². The van der Waals surface area contributed by atoms with Gasteiger partial charge in [-0.25, -0.2) is 4.98 Å². The third-order valence-electron chi connectivity index (χ3n) is 6.14. The molecule has 0 radical (unpaired) electrons.